The predicted molar refractivity (Wildman–Crippen MR) is 71.3 cm³/mol. The third-order valence-corrected chi connectivity index (χ3v) is 2.77. The minimum absolute atomic E-state index is 0.0124. The molecular formula is C14H12FNOS. The maximum Gasteiger partial charge on any atom is 0.254 e. The summed E-state index contributed by atoms with van der Waals surface area (Å²) in [5.41, 5.74) is 0.978. The van der Waals surface area contributed by atoms with Gasteiger partial charge in [0.05, 0.1) is 5.56 Å². The Labute approximate surface area is 110 Å². The number of carbonyl (C=O) groups excluding carboxylic acids is 1. The molecule has 0 radical (unpaired) electrons. The van der Waals surface area contributed by atoms with E-state index >= 15 is 0 Å². The number of halogens is 1. The first kappa shape index (κ1) is 12.6. The number of hydrogen-bond acceptors (Lipinski definition) is 2. The fourth-order valence-corrected chi connectivity index (χ4v) is 1.76. The standard InChI is InChI=1S/C14H12FNOS/c15-13-7-6-11(18)8-12(13)14(17)16-9-10-4-2-1-3-5-10/h1-8,18H,9H2,(H,16,17). The van der Waals surface area contributed by atoms with Crippen molar-refractivity contribution in [2.75, 3.05) is 0 Å². The molecule has 2 aromatic carbocycles. The van der Waals surface area contributed by atoms with Crippen molar-refractivity contribution in [3.8, 4) is 0 Å². The van der Waals surface area contributed by atoms with Crippen molar-refractivity contribution in [1.29, 1.82) is 0 Å². The number of thiol groups is 1. The average molecular weight is 261 g/mol. The molecular weight excluding hydrogens is 249 g/mol. The van der Waals surface area contributed by atoms with Crippen LogP contribution in [0.2, 0.25) is 0 Å². The summed E-state index contributed by atoms with van der Waals surface area (Å²) in [5.74, 6) is -0.981. The molecule has 0 fully saturated rings. The molecule has 0 aliphatic carbocycles. The smallest absolute Gasteiger partial charge is 0.254 e. The number of rotatable bonds is 3. The third-order valence-electron chi connectivity index (χ3n) is 2.49. The van der Waals surface area contributed by atoms with E-state index < -0.39 is 11.7 Å². The van der Waals surface area contributed by atoms with Crippen molar-refractivity contribution in [2.45, 2.75) is 11.4 Å². The lowest BCUT2D eigenvalue weighted by Crippen LogP contribution is -2.23. The molecule has 0 saturated carbocycles. The van der Waals surface area contributed by atoms with Gasteiger partial charge in [0.2, 0.25) is 0 Å². The van der Waals surface area contributed by atoms with E-state index in [0.29, 0.717) is 11.4 Å². The highest BCUT2D eigenvalue weighted by Crippen LogP contribution is 2.13. The Hall–Kier alpha value is -1.81. The lowest BCUT2D eigenvalue weighted by molar-refractivity contribution is 0.0946. The van der Waals surface area contributed by atoms with Gasteiger partial charge in [-0.2, -0.15) is 0 Å². The molecule has 0 saturated heterocycles. The molecule has 0 aromatic heterocycles. The number of amides is 1. The second kappa shape index (κ2) is 5.69. The molecule has 92 valence electrons. The molecule has 1 N–H and O–H groups in total. The first-order chi connectivity index (χ1) is 8.66. The highest BCUT2D eigenvalue weighted by Gasteiger charge is 2.11. The Bertz CT molecular complexity index is 557. The molecule has 4 heteroatoms. The lowest BCUT2D eigenvalue weighted by atomic mass is 10.2. The molecule has 1 amide bonds. The van der Waals surface area contributed by atoms with Crippen LogP contribution in [-0.2, 0) is 6.54 Å². The third kappa shape index (κ3) is 3.11. The van der Waals surface area contributed by atoms with Crippen molar-refractivity contribution in [3.05, 3.63) is 65.5 Å². The second-order valence-corrected chi connectivity index (χ2v) is 4.35. The minimum atomic E-state index is -0.543. The van der Waals surface area contributed by atoms with Crippen LogP contribution in [0.5, 0.6) is 0 Å². The largest absolute Gasteiger partial charge is 0.348 e. The number of carbonyl (C=O) groups is 1. The fourth-order valence-electron chi connectivity index (χ4n) is 1.56. The van der Waals surface area contributed by atoms with Gasteiger partial charge in [-0.25, -0.2) is 4.39 Å². The summed E-state index contributed by atoms with van der Waals surface area (Å²) in [7, 11) is 0. The minimum Gasteiger partial charge on any atom is -0.348 e. The Kier molecular flexibility index (Phi) is 3.99. The molecule has 2 aromatic rings. The van der Waals surface area contributed by atoms with E-state index in [1.807, 2.05) is 30.3 Å². The normalized spacial score (nSPS) is 10.1. The van der Waals surface area contributed by atoms with Crippen LogP contribution in [0, 0.1) is 5.82 Å². The van der Waals surface area contributed by atoms with Crippen molar-refractivity contribution >= 4 is 18.5 Å². The summed E-state index contributed by atoms with van der Waals surface area (Å²) in [5, 5.41) is 2.67. The Morgan fingerprint density at radius 1 is 1.17 bits per heavy atom. The average Bonchev–Trinajstić information content (AvgIpc) is 2.40. The fraction of sp³-hybridized carbons (Fsp3) is 0.0714. The highest BCUT2D eigenvalue weighted by atomic mass is 32.1. The van der Waals surface area contributed by atoms with E-state index in [1.54, 1.807) is 0 Å². The van der Waals surface area contributed by atoms with Crippen LogP contribution in [0.3, 0.4) is 0 Å². The van der Waals surface area contributed by atoms with Crippen molar-refractivity contribution in [3.63, 3.8) is 0 Å². The van der Waals surface area contributed by atoms with Crippen molar-refractivity contribution in [1.82, 2.24) is 5.32 Å². The van der Waals surface area contributed by atoms with Gasteiger partial charge < -0.3 is 5.32 Å². The Morgan fingerprint density at radius 3 is 2.61 bits per heavy atom. The molecule has 0 heterocycles. The van der Waals surface area contributed by atoms with Gasteiger partial charge in [0.15, 0.2) is 0 Å². The summed E-state index contributed by atoms with van der Waals surface area (Å²) >= 11 is 4.09. The summed E-state index contributed by atoms with van der Waals surface area (Å²) in [6.07, 6.45) is 0. The van der Waals surface area contributed by atoms with Crippen molar-refractivity contribution < 1.29 is 9.18 Å². The maximum absolute atomic E-state index is 13.5. The molecule has 0 atom stereocenters. The summed E-state index contributed by atoms with van der Waals surface area (Å²) in [6, 6.07) is 13.6. The Morgan fingerprint density at radius 2 is 1.89 bits per heavy atom. The topological polar surface area (TPSA) is 29.1 Å². The molecule has 0 aliphatic rings. The van der Waals surface area contributed by atoms with Crippen LogP contribution in [0.1, 0.15) is 15.9 Å². The lowest BCUT2D eigenvalue weighted by Gasteiger charge is -2.06. The summed E-state index contributed by atoms with van der Waals surface area (Å²) in [6.45, 7) is 0.371. The quantitative estimate of drug-likeness (QED) is 0.817. The van der Waals surface area contributed by atoms with E-state index in [9.17, 15) is 9.18 Å². The SMILES string of the molecule is O=C(NCc1ccccc1)c1cc(S)ccc1F. The molecule has 2 nitrogen and oxygen atoms in total. The van der Waals surface area contributed by atoms with Crippen LogP contribution >= 0.6 is 12.6 Å². The molecule has 0 unspecified atom stereocenters. The van der Waals surface area contributed by atoms with Crippen LogP contribution in [-0.4, -0.2) is 5.91 Å². The van der Waals surface area contributed by atoms with E-state index in [0.717, 1.165) is 5.56 Å². The zero-order valence-corrected chi connectivity index (χ0v) is 10.5. The molecule has 0 bridgehead atoms. The van der Waals surface area contributed by atoms with Gasteiger partial charge >= 0.3 is 0 Å². The summed E-state index contributed by atoms with van der Waals surface area (Å²) in [4.78, 5) is 12.4. The van der Waals surface area contributed by atoms with Crippen LogP contribution in [0.4, 0.5) is 4.39 Å². The van der Waals surface area contributed by atoms with E-state index in [2.05, 4.69) is 17.9 Å². The van der Waals surface area contributed by atoms with Gasteiger partial charge in [0.25, 0.3) is 5.91 Å². The highest BCUT2D eigenvalue weighted by molar-refractivity contribution is 7.80. The van der Waals surface area contributed by atoms with E-state index in [4.69, 9.17) is 0 Å². The van der Waals surface area contributed by atoms with Crippen LogP contribution in [0.25, 0.3) is 0 Å². The molecule has 2 rings (SSSR count). The first-order valence-corrected chi connectivity index (χ1v) is 5.92. The molecule has 0 aliphatic heterocycles. The van der Waals surface area contributed by atoms with E-state index in [-0.39, 0.29) is 5.56 Å². The summed E-state index contributed by atoms with van der Waals surface area (Å²) < 4.78 is 13.5. The first-order valence-electron chi connectivity index (χ1n) is 5.47. The number of nitrogens with one attached hydrogen (secondary N) is 1. The number of hydrogen-bond donors (Lipinski definition) is 2. The predicted octanol–water partition coefficient (Wildman–Crippen LogP) is 3.04. The Balaban J connectivity index is 2.06. The van der Waals surface area contributed by atoms with Gasteiger partial charge in [0, 0.05) is 11.4 Å². The van der Waals surface area contributed by atoms with Gasteiger partial charge in [-0.05, 0) is 23.8 Å². The monoisotopic (exact) mass is 261 g/mol. The van der Waals surface area contributed by atoms with Crippen LogP contribution < -0.4 is 5.32 Å². The van der Waals surface area contributed by atoms with Crippen LogP contribution in [0.15, 0.2) is 53.4 Å². The molecule has 0 spiro atoms. The molecule has 18 heavy (non-hydrogen) atoms. The zero-order chi connectivity index (χ0) is 13.0. The maximum atomic E-state index is 13.5. The van der Waals surface area contributed by atoms with Gasteiger partial charge in [0.1, 0.15) is 5.82 Å². The zero-order valence-electron chi connectivity index (χ0n) is 9.56. The van der Waals surface area contributed by atoms with E-state index in [1.165, 1.54) is 18.2 Å². The van der Waals surface area contributed by atoms with Crippen molar-refractivity contribution in [2.24, 2.45) is 0 Å². The van der Waals surface area contributed by atoms with Gasteiger partial charge in [-0.15, -0.1) is 12.6 Å². The number of benzene rings is 2. The van der Waals surface area contributed by atoms with Gasteiger partial charge in [-0.1, -0.05) is 30.3 Å². The second-order valence-electron chi connectivity index (χ2n) is 3.83. The van der Waals surface area contributed by atoms with Gasteiger partial charge in [-0.3, -0.25) is 4.79 Å².